The van der Waals surface area contributed by atoms with Crippen molar-refractivity contribution in [2.24, 2.45) is 5.73 Å². The van der Waals surface area contributed by atoms with Crippen LogP contribution < -0.4 is 15.8 Å². The zero-order chi connectivity index (χ0) is 15.1. The van der Waals surface area contributed by atoms with Crippen molar-refractivity contribution in [1.82, 2.24) is 5.32 Å². The summed E-state index contributed by atoms with van der Waals surface area (Å²) in [4.78, 5) is 21.4. The molecule has 0 aliphatic carbocycles. The first kappa shape index (κ1) is 15.9. The van der Waals surface area contributed by atoms with Crippen LogP contribution in [0.4, 0.5) is 5.69 Å². The van der Waals surface area contributed by atoms with Crippen molar-refractivity contribution >= 4 is 11.6 Å². The maximum atomic E-state index is 11.2. The van der Waals surface area contributed by atoms with Crippen molar-refractivity contribution in [1.29, 1.82) is 0 Å². The number of primary amides is 1. The van der Waals surface area contributed by atoms with Gasteiger partial charge in [-0.1, -0.05) is 6.92 Å². The monoisotopic (exact) mass is 281 g/mol. The number of benzene rings is 1. The average molecular weight is 281 g/mol. The van der Waals surface area contributed by atoms with Gasteiger partial charge < -0.3 is 15.8 Å². The van der Waals surface area contributed by atoms with E-state index in [0.29, 0.717) is 18.7 Å². The first-order valence-electron chi connectivity index (χ1n) is 6.36. The van der Waals surface area contributed by atoms with Crippen LogP contribution in [0, 0.1) is 17.0 Å². The number of non-ortho nitro benzene ring substituents is 1. The molecule has 1 rings (SSSR count). The first-order valence-corrected chi connectivity index (χ1v) is 6.36. The maximum absolute atomic E-state index is 11.2. The molecule has 3 N–H and O–H groups in total. The number of carbonyl (C=O) groups excluding carboxylic acids is 1. The van der Waals surface area contributed by atoms with Crippen molar-refractivity contribution in [2.75, 3.05) is 13.2 Å². The lowest BCUT2D eigenvalue weighted by molar-refractivity contribution is -0.384. The van der Waals surface area contributed by atoms with E-state index >= 15 is 0 Å². The van der Waals surface area contributed by atoms with E-state index < -0.39 is 16.9 Å². The molecule has 0 saturated carbocycles. The van der Waals surface area contributed by atoms with E-state index in [0.717, 1.165) is 5.56 Å². The highest BCUT2D eigenvalue weighted by atomic mass is 16.6. The number of hydrogen-bond donors (Lipinski definition) is 2. The van der Waals surface area contributed by atoms with Crippen LogP contribution >= 0.6 is 0 Å². The molecule has 7 heteroatoms. The summed E-state index contributed by atoms with van der Waals surface area (Å²) in [6, 6.07) is 3.97. The molecule has 0 saturated heterocycles. The van der Waals surface area contributed by atoms with Crippen LogP contribution in [-0.2, 0) is 4.79 Å². The lowest BCUT2D eigenvalue weighted by Crippen LogP contribution is -2.42. The van der Waals surface area contributed by atoms with Gasteiger partial charge in [-0.3, -0.25) is 14.9 Å². The van der Waals surface area contributed by atoms with Crippen LogP contribution in [0.3, 0.4) is 0 Å². The lowest BCUT2D eigenvalue weighted by atomic mass is 10.2. The van der Waals surface area contributed by atoms with Crippen LogP contribution in [0.1, 0.15) is 18.9 Å². The summed E-state index contributed by atoms with van der Waals surface area (Å²) in [6.07, 6.45) is 0.408. The smallest absolute Gasteiger partial charge is 0.273 e. The predicted octanol–water partition coefficient (Wildman–Crippen LogP) is 1.14. The van der Waals surface area contributed by atoms with Crippen LogP contribution in [0.2, 0.25) is 0 Å². The molecule has 0 radical (unpaired) electrons. The van der Waals surface area contributed by atoms with Crippen LogP contribution in [0.25, 0.3) is 0 Å². The topological polar surface area (TPSA) is 107 Å². The van der Waals surface area contributed by atoms with Gasteiger partial charge in [0.25, 0.3) is 5.69 Å². The standard InChI is InChI=1S/C13H19N3O4/c1-3-15-11(13(14)17)6-7-20-12-8-10(16(18)19)5-4-9(12)2/h4-5,8,11,15H,3,6-7H2,1-2H3,(H2,14,17). The second kappa shape index (κ2) is 7.44. The maximum Gasteiger partial charge on any atom is 0.273 e. The van der Waals surface area contributed by atoms with E-state index in [1.165, 1.54) is 12.1 Å². The molecule has 0 aliphatic heterocycles. The number of nitro benzene ring substituents is 1. The van der Waals surface area contributed by atoms with E-state index in [4.69, 9.17) is 10.5 Å². The molecule has 0 heterocycles. The van der Waals surface area contributed by atoms with Crippen LogP contribution in [-0.4, -0.2) is 30.0 Å². The van der Waals surface area contributed by atoms with Crippen LogP contribution in [0.15, 0.2) is 18.2 Å². The molecule has 0 bridgehead atoms. The van der Waals surface area contributed by atoms with Gasteiger partial charge >= 0.3 is 0 Å². The zero-order valence-electron chi connectivity index (χ0n) is 11.6. The Balaban J connectivity index is 2.63. The molecule has 7 nitrogen and oxygen atoms in total. The molecule has 1 unspecified atom stereocenters. The number of amides is 1. The number of rotatable bonds is 8. The highest BCUT2D eigenvalue weighted by Crippen LogP contribution is 2.24. The molecular weight excluding hydrogens is 262 g/mol. The Labute approximate surface area is 117 Å². The molecule has 20 heavy (non-hydrogen) atoms. The largest absolute Gasteiger partial charge is 0.493 e. The number of carbonyl (C=O) groups is 1. The number of likely N-dealkylation sites (N-methyl/N-ethyl adjacent to an activating group) is 1. The normalized spacial score (nSPS) is 11.9. The average Bonchev–Trinajstić information content (AvgIpc) is 2.39. The highest BCUT2D eigenvalue weighted by molar-refractivity contribution is 5.79. The molecule has 0 fully saturated rings. The Bertz CT molecular complexity index is 491. The Hall–Kier alpha value is -2.15. The molecule has 1 atom stereocenters. The number of nitro groups is 1. The van der Waals surface area contributed by atoms with Gasteiger partial charge in [-0.2, -0.15) is 0 Å². The Morgan fingerprint density at radius 3 is 2.80 bits per heavy atom. The number of nitrogens with two attached hydrogens (primary N) is 1. The molecule has 110 valence electrons. The van der Waals surface area contributed by atoms with Crippen molar-refractivity contribution in [3.05, 3.63) is 33.9 Å². The Kier molecular flexibility index (Phi) is 5.92. The number of ether oxygens (including phenoxy) is 1. The fraction of sp³-hybridized carbons (Fsp3) is 0.462. The summed E-state index contributed by atoms with van der Waals surface area (Å²) in [7, 11) is 0. The minimum Gasteiger partial charge on any atom is -0.493 e. The summed E-state index contributed by atoms with van der Waals surface area (Å²) in [5, 5.41) is 13.6. The molecule has 1 amide bonds. The fourth-order valence-electron chi connectivity index (χ4n) is 1.74. The van der Waals surface area contributed by atoms with Gasteiger partial charge in [0, 0.05) is 12.5 Å². The molecule has 1 aromatic carbocycles. The molecule has 0 aliphatic rings. The molecule has 0 aromatic heterocycles. The minimum atomic E-state index is -0.475. The van der Waals surface area contributed by atoms with Gasteiger partial charge in [0.15, 0.2) is 0 Å². The summed E-state index contributed by atoms with van der Waals surface area (Å²) < 4.78 is 5.50. The van der Waals surface area contributed by atoms with Gasteiger partial charge in [-0.05, 0) is 25.1 Å². The summed E-state index contributed by atoms with van der Waals surface area (Å²) in [6.45, 7) is 4.56. The fourth-order valence-corrected chi connectivity index (χ4v) is 1.74. The second-order valence-electron chi connectivity index (χ2n) is 4.36. The summed E-state index contributed by atoms with van der Waals surface area (Å²) in [5.74, 6) is 0.00475. The van der Waals surface area contributed by atoms with Crippen molar-refractivity contribution in [3.63, 3.8) is 0 Å². The number of hydrogen-bond acceptors (Lipinski definition) is 5. The Morgan fingerprint density at radius 1 is 1.55 bits per heavy atom. The third-order valence-corrected chi connectivity index (χ3v) is 2.84. The minimum absolute atomic E-state index is 0.0243. The second-order valence-corrected chi connectivity index (χ2v) is 4.36. The quantitative estimate of drug-likeness (QED) is 0.548. The predicted molar refractivity (Wildman–Crippen MR) is 74.6 cm³/mol. The van der Waals surface area contributed by atoms with E-state index in [1.807, 2.05) is 6.92 Å². The number of nitrogens with zero attached hydrogens (tertiary/aromatic N) is 1. The van der Waals surface area contributed by atoms with E-state index in [-0.39, 0.29) is 12.3 Å². The van der Waals surface area contributed by atoms with Gasteiger partial charge in [0.05, 0.1) is 23.6 Å². The van der Waals surface area contributed by atoms with Gasteiger partial charge in [0.1, 0.15) is 5.75 Å². The summed E-state index contributed by atoms with van der Waals surface area (Å²) >= 11 is 0. The number of aryl methyl sites for hydroxylation is 1. The van der Waals surface area contributed by atoms with E-state index in [2.05, 4.69) is 5.32 Å². The highest BCUT2D eigenvalue weighted by Gasteiger charge is 2.14. The lowest BCUT2D eigenvalue weighted by Gasteiger charge is -2.15. The first-order chi connectivity index (χ1) is 9.45. The van der Waals surface area contributed by atoms with E-state index in [1.54, 1.807) is 13.0 Å². The molecular formula is C13H19N3O4. The van der Waals surface area contributed by atoms with Gasteiger partial charge in [0.2, 0.25) is 5.91 Å². The third kappa shape index (κ3) is 4.51. The van der Waals surface area contributed by atoms with Gasteiger partial charge in [-0.15, -0.1) is 0 Å². The molecule has 1 aromatic rings. The van der Waals surface area contributed by atoms with Crippen molar-refractivity contribution in [3.8, 4) is 5.75 Å². The summed E-state index contributed by atoms with van der Waals surface area (Å²) in [5.41, 5.74) is 6.03. The Morgan fingerprint density at radius 2 is 2.25 bits per heavy atom. The number of nitrogens with one attached hydrogen (secondary N) is 1. The van der Waals surface area contributed by atoms with Crippen molar-refractivity contribution in [2.45, 2.75) is 26.3 Å². The zero-order valence-corrected chi connectivity index (χ0v) is 11.6. The van der Waals surface area contributed by atoms with Crippen LogP contribution in [0.5, 0.6) is 5.75 Å². The molecule has 0 spiro atoms. The van der Waals surface area contributed by atoms with Crippen molar-refractivity contribution < 1.29 is 14.5 Å². The van der Waals surface area contributed by atoms with Gasteiger partial charge in [-0.25, -0.2) is 0 Å². The third-order valence-electron chi connectivity index (χ3n) is 2.84. The SMILES string of the molecule is CCNC(CCOc1cc([N+](=O)[O-])ccc1C)C(N)=O. The van der Waals surface area contributed by atoms with E-state index in [9.17, 15) is 14.9 Å².